The smallest absolute Gasteiger partial charge is 0.377 e. The van der Waals surface area contributed by atoms with Gasteiger partial charge in [-0.25, -0.2) is 0 Å². The second-order valence-electron chi connectivity index (χ2n) is 2.06. The minimum Gasteiger partial charge on any atom is -0.497 e. The molecule has 72 valence electrons. The van der Waals surface area contributed by atoms with Crippen LogP contribution in [-0.2, 0) is 15.6 Å². The lowest BCUT2D eigenvalue weighted by molar-refractivity contribution is 0.324. The third-order valence-electron chi connectivity index (χ3n) is 1.30. The van der Waals surface area contributed by atoms with E-state index < -0.39 is 11.4 Å². The first-order chi connectivity index (χ1) is 6.26. The first kappa shape index (κ1) is 9.97. The average molecular weight is 203 g/mol. The van der Waals surface area contributed by atoms with Crippen molar-refractivity contribution in [2.45, 2.75) is 0 Å². The normalized spacial score (nSPS) is 12.2. The van der Waals surface area contributed by atoms with Crippen molar-refractivity contribution in [3.05, 3.63) is 24.3 Å². The van der Waals surface area contributed by atoms with Gasteiger partial charge in [-0.2, -0.15) is 14.4 Å². The van der Waals surface area contributed by atoms with Crippen LogP contribution in [0.15, 0.2) is 24.3 Å². The van der Waals surface area contributed by atoms with E-state index in [9.17, 15) is 4.21 Å². The standard InChI is InChI=1S/C7H9NO4S/c1-10-6-2-4-7(5-3-6)11-13(9)12-8/h2-5H,8H2,1H3. The Labute approximate surface area is 78.2 Å². The maximum atomic E-state index is 10.6. The third kappa shape index (κ3) is 3.02. The Morgan fingerprint density at radius 1 is 1.23 bits per heavy atom. The molecule has 0 fully saturated rings. The molecule has 0 amide bonds. The summed E-state index contributed by atoms with van der Waals surface area (Å²) in [5.41, 5.74) is 0. The number of hydrogen-bond donors (Lipinski definition) is 1. The summed E-state index contributed by atoms with van der Waals surface area (Å²) in [6.45, 7) is 0. The van der Waals surface area contributed by atoms with Gasteiger partial charge in [0, 0.05) is 0 Å². The third-order valence-corrected chi connectivity index (χ3v) is 1.79. The van der Waals surface area contributed by atoms with Gasteiger partial charge in [0.2, 0.25) is 0 Å². The number of benzene rings is 1. The maximum Gasteiger partial charge on any atom is 0.377 e. The zero-order valence-corrected chi connectivity index (χ0v) is 7.74. The fourth-order valence-corrected chi connectivity index (χ4v) is 1.04. The summed E-state index contributed by atoms with van der Waals surface area (Å²) >= 11 is -1.95. The van der Waals surface area contributed by atoms with Crippen LogP contribution in [0.1, 0.15) is 0 Å². The van der Waals surface area contributed by atoms with Gasteiger partial charge in [-0.3, -0.25) is 0 Å². The lowest BCUT2D eigenvalue weighted by atomic mass is 10.3. The topological polar surface area (TPSA) is 70.8 Å². The second-order valence-corrected chi connectivity index (χ2v) is 2.83. The fourth-order valence-electron chi connectivity index (χ4n) is 0.729. The van der Waals surface area contributed by atoms with E-state index in [-0.39, 0.29) is 0 Å². The average Bonchev–Trinajstić information content (AvgIpc) is 2.19. The minimum atomic E-state index is -1.95. The number of ether oxygens (including phenoxy) is 1. The van der Waals surface area contributed by atoms with E-state index >= 15 is 0 Å². The molecular formula is C7H9NO4S. The SMILES string of the molecule is COc1ccc(OS(=O)ON)cc1. The molecule has 1 atom stereocenters. The molecule has 2 N–H and O–H groups in total. The minimum absolute atomic E-state index is 0.393. The highest BCUT2D eigenvalue weighted by Gasteiger charge is 2.00. The van der Waals surface area contributed by atoms with E-state index in [1.165, 1.54) is 0 Å². The number of rotatable bonds is 4. The molecule has 0 bridgehead atoms. The number of methoxy groups -OCH3 is 1. The van der Waals surface area contributed by atoms with Gasteiger partial charge in [-0.1, -0.05) is 0 Å². The molecule has 13 heavy (non-hydrogen) atoms. The van der Waals surface area contributed by atoms with Crippen molar-refractivity contribution in [3.63, 3.8) is 0 Å². The molecule has 1 unspecified atom stereocenters. The van der Waals surface area contributed by atoms with Crippen LogP contribution >= 0.6 is 0 Å². The number of hydrogen-bond acceptors (Lipinski definition) is 5. The Morgan fingerprint density at radius 3 is 2.23 bits per heavy atom. The van der Waals surface area contributed by atoms with Crippen LogP contribution in [0.3, 0.4) is 0 Å². The molecule has 0 heterocycles. The van der Waals surface area contributed by atoms with Crippen molar-refractivity contribution in [1.82, 2.24) is 0 Å². The molecule has 0 saturated carbocycles. The molecule has 0 aliphatic rings. The van der Waals surface area contributed by atoms with Crippen LogP contribution in [-0.4, -0.2) is 11.3 Å². The summed E-state index contributed by atoms with van der Waals surface area (Å²) in [4.78, 5) is 0. The largest absolute Gasteiger partial charge is 0.497 e. The predicted molar refractivity (Wildman–Crippen MR) is 47.0 cm³/mol. The Kier molecular flexibility index (Phi) is 3.69. The summed E-state index contributed by atoms with van der Waals surface area (Å²) in [7, 11) is 1.55. The zero-order valence-electron chi connectivity index (χ0n) is 6.93. The monoisotopic (exact) mass is 203 g/mol. The Morgan fingerprint density at radius 2 is 1.77 bits per heavy atom. The van der Waals surface area contributed by atoms with E-state index in [4.69, 9.17) is 8.92 Å². The molecule has 0 spiro atoms. The van der Waals surface area contributed by atoms with Crippen molar-refractivity contribution in [3.8, 4) is 11.5 Å². The molecule has 1 rings (SSSR count). The molecule has 0 saturated heterocycles. The second kappa shape index (κ2) is 4.80. The zero-order chi connectivity index (χ0) is 9.68. The molecule has 0 radical (unpaired) electrons. The summed E-state index contributed by atoms with van der Waals surface area (Å²) in [5, 5.41) is 0. The highest BCUT2D eigenvalue weighted by molar-refractivity contribution is 7.75. The quantitative estimate of drug-likeness (QED) is 0.723. The van der Waals surface area contributed by atoms with Crippen molar-refractivity contribution < 1.29 is 17.4 Å². The van der Waals surface area contributed by atoms with E-state index in [0.717, 1.165) is 0 Å². The summed E-state index contributed by atoms with van der Waals surface area (Å²) in [6.07, 6.45) is 0. The van der Waals surface area contributed by atoms with E-state index in [1.54, 1.807) is 31.4 Å². The van der Waals surface area contributed by atoms with Gasteiger partial charge >= 0.3 is 11.4 Å². The molecule has 0 aliphatic carbocycles. The van der Waals surface area contributed by atoms with Crippen LogP contribution in [0, 0.1) is 0 Å². The van der Waals surface area contributed by atoms with Gasteiger partial charge in [-0.05, 0) is 24.3 Å². The maximum absolute atomic E-state index is 10.6. The summed E-state index contributed by atoms with van der Waals surface area (Å²) in [5.74, 6) is 5.71. The summed E-state index contributed by atoms with van der Waals surface area (Å²) < 4.78 is 24.2. The van der Waals surface area contributed by atoms with Crippen molar-refractivity contribution in [2.75, 3.05) is 7.11 Å². The molecule has 1 aromatic rings. The highest BCUT2D eigenvalue weighted by Crippen LogP contribution is 2.17. The van der Waals surface area contributed by atoms with Gasteiger partial charge in [-0.15, -0.1) is 0 Å². The lowest BCUT2D eigenvalue weighted by Crippen LogP contribution is -2.09. The Balaban J connectivity index is 2.64. The summed E-state index contributed by atoms with van der Waals surface area (Å²) in [6, 6.07) is 6.53. The predicted octanol–water partition coefficient (Wildman–Crippen LogP) is 0.543. The molecule has 5 nitrogen and oxygen atoms in total. The van der Waals surface area contributed by atoms with Gasteiger partial charge < -0.3 is 8.92 Å². The highest BCUT2D eigenvalue weighted by atomic mass is 32.2. The van der Waals surface area contributed by atoms with Crippen LogP contribution in [0.25, 0.3) is 0 Å². The Bertz CT molecular complexity index is 287. The number of nitrogens with two attached hydrogens (primary N) is 1. The van der Waals surface area contributed by atoms with Gasteiger partial charge in [0.15, 0.2) is 0 Å². The van der Waals surface area contributed by atoms with Crippen LogP contribution < -0.4 is 14.8 Å². The van der Waals surface area contributed by atoms with Crippen molar-refractivity contribution in [1.29, 1.82) is 0 Å². The van der Waals surface area contributed by atoms with Gasteiger partial charge in [0.05, 0.1) is 7.11 Å². The van der Waals surface area contributed by atoms with E-state index in [1.807, 2.05) is 0 Å². The Hall–Kier alpha value is -1.11. The lowest BCUT2D eigenvalue weighted by Gasteiger charge is -2.02. The van der Waals surface area contributed by atoms with Gasteiger partial charge in [0.25, 0.3) is 0 Å². The van der Waals surface area contributed by atoms with Crippen molar-refractivity contribution >= 4 is 11.4 Å². The van der Waals surface area contributed by atoms with Crippen LogP contribution in [0.2, 0.25) is 0 Å². The first-order valence-corrected chi connectivity index (χ1v) is 4.37. The van der Waals surface area contributed by atoms with Gasteiger partial charge in [0.1, 0.15) is 11.5 Å². The molecule has 6 heteroatoms. The van der Waals surface area contributed by atoms with E-state index in [0.29, 0.717) is 11.5 Å². The molecule has 0 aliphatic heterocycles. The molecule has 1 aromatic carbocycles. The fraction of sp³-hybridized carbons (Fsp3) is 0.143. The molecule has 0 aromatic heterocycles. The molecular weight excluding hydrogens is 194 g/mol. The van der Waals surface area contributed by atoms with Crippen molar-refractivity contribution in [2.24, 2.45) is 5.90 Å². The first-order valence-electron chi connectivity index (χ1n) is 3.37. The van der Waals surface area contributed by atoms with E-state index in [2.05, 4.69) is 10.2 Å². The van der Waals surface area contributed by atoms with Crippen LogP contribution in [0.5, 0.6) is 11.5 Å². The van der Waals surface area contributed by atoms with Crippen LogP contribution in [0.4, 0.5) is 0 Å².